The molecule has 2 aliphatic rings. The van der Waals surface area contributed by atoms with Crippen molar-refractivity contribution >= 4 is 21.6 Å². The standard InChI is InChI=1S/C21H21N3O5S/c22-14-16-3-1-2-4-18(16)23-21(25)15-7-9-24(10-8-15)30(26,27)17-5-6-19-20(13-17)29-12-11-28-19/h1-6,13,15H,7-12H2,(H,23,25). The summed E-state index contributed by atoms with van der Waals surface area (Å²) in [5, 5.41) is 11.9. The van der Waals surface area contributed by atoms with Crippen molar-refractivity contribution in [2.45, 2.75) is 17.7 Å². The molecule has 2 aromatic rings. The maximum atomic E-state index is 13.0. The summed E-state index contributed by atoms with van der Waals surface area (Å²) in [6, 6.07) is 13.5. The highest BCUT2D eigenvalue weighted by molar-refractivity contribution is 7.89. The molecule has 1 fully saturated rings. The fraction of sp³-hybridized carbons (Fsp3) is 0.333. The molecule has 0 bridgehead atoms. The summed E-state index contributed by atoms with van der Waals surface area (Å²) in [5.41, 5.74) is 0.862. The number of benzene rings is 2. The number of piperidine rings is 1. The van der Waals surface area contributed by atoms with E-state index in [2.05, 4.69) is 5.32 Å². The molecule has 8 nitrogen and oxygen atoms in total. The first-order chi connectivity index (χ1) is 14.5. The number of carbonyl (C=O) groups is 1. The van der Waals surface area contributed by atoms with Crippen molar-refractivity contribution in [2.75, 3.05) is 31.6 Å². The van der Waals surface area contributed by atoms with Gasteiger partial charge in [-0.15, -0.1) is 0 Å². The molecule has 1 N–H and O–H groups in total. The highest BCUT2D eigenvalue weighted by atomic mass is 32.2. The van der Waals surface area contributed by atoms with Crippen LogP contribution < -0.4 is 14.8 Å². The summed E-state index contributed by atoms with van der Waals surface area (Å²) in [6.45, 7) is 1.31. The van der Waals surface area contributed by atoms with Crippen LogP contribution in [0, 0.1) is 17.2 Å². The second-order valence-electron chi connectivity index (χ2n) is 7.13. The average Bonchev–Trinajstić information content (AvgIpc) is 2.79. The van der Waals surface area contributed by atoms with Crippen molar-refractivity contribution in [3.05, 3.63) is 48.0 Å². The van der Waals surface area contributed by atoms with E-state index >= 15 is 0 Å². The molecule has 0 atom stereocenters. The van der Waals surface area contributed by atoms with E-state index in [1.807, 2.05) is 6.07 Å². The Labute approximate surface area is 175 Å². The monoisotopic (exact) mass is 427 g/mol. The van der Waals surface area contributed by atoms with Gasteiger partial charge in [0.05, 0.1) is 16.1 Å². The maximum absolute atomic E-state index is 13.0. The van der Waals surface area contributed by atoms with E-state index < -0.39 is 10.0 Å². The minimum Gasteiger partial charge on any atom is -0.486 e. The zero-order chi connectivity index (χ0) is 21.1. The van der Waals surface area contributed by atoms with Crippen LogP contribution in [0.4, 0.5) is 5.69 Å². The van der Waals surface area contributed by atoms with Gasteiger partial charge in [0.2, 0.25) is 15.9 Å². The quantitative estimate of drug-likeness (QED) is 0.802. The molecule has 0 unspecified atom stereocenters. The van der Waals surface area contributed by atoms with Gasteiger partial charge in [-0.25, -0.2) is 8.42 Å². The summed E-state index contributed by atoms with van der Waals surface area (Å²) in [6.07, 6.45) is 0.814. The molecule has 0 spiro atoms. The largest absolute Gasteiger partial charge is 0.486 e. The van der Waals surface area contributed by atoms with E-state index in [9.17, 15) is 13.2 Å². The van der Waals surface area contributed by atoms with E-state index in [0.29, 0.717) is 48.8 Å². The number of amides is 1. The number of hydrogen-bond donors (Lipinski definition) is 1. The molecule has 2 aliphatic heterocycles. The average molecular weight is 427 g/mol. The Morgan fingerprint density at radius 3 is 2.50 bits per heavy atom. The number of fused-ring (bicyclic) bond motifs is 1. The molecule has 30 heavy (non-hydrogen) atoms. The fourth-order valence-corrected chi connectivity index (χ4v) is 5.10. The summed E-state index contributed by atoms with van der Waals surface area (Å²) >= 11 is 0. The summed E-state index contributed by atoms with van der Waals surface area (Å²) in [5.74, 6) is 0.443. The summed E-state index contributed by atoms with van der Waals surface area (Å²) < 4.78 is 38.4. The maximum Gasteiger partial charge on any atom is 0.243 e. The molecule has 1 amide bonds. The third-order valence-corrected chi connectivity index (χ3v) is 7.18. The number of nitrogens with one attached hydrogen (secondary N) is 1. The van der Waals surface area contributed by atoms with Gasteiger partial charge < -0.3 is 14.8 Å². The minimum absolute atomic E-state index is 0.151. The number of ether oxygens (including phenoxy) is 2. The van der Waals surface area contributed by atoms with Crippen LogP contribution in [-0.4, -0.2) is 44.9 Å². The van der Waals surface area contributed by atoms with Crippen molar-refractivity contribution in [1.82, 2.24) is 4.31 Å². The van der Waals surface area contributed by atoms with E-state index in [1.165, 1.54) is 16.4 Å². The van der Waals surface area contributed by atoms with Crippen LogP contribution in [0.3, 0.4) is 0 Å². The van der Waals surface area contributed by atoms with Gasteiger partial charge in [0.1, 0.15) is 19.3 Å². The fourth-order valence-electron chi connectivity index (χ4n) is 3.62. The molecule has 2 aromatic carbocycles. The predicted octanol–water partition coefficient (Wildman–Crippen LogP) is 2.37. The first-order valence-electron chi connectivity index (χ1n) is 9.69. The Hall–Kier alpha value is -3.09. The smallest absolute Gasteiger partial charge is 0.243 e. The lowest BCUT2D eigenvalue weighted by Crippen LogP contribution is -2.41. The van der Waals surface area contributed by atoms with Crippen LogP contribution in [0.2, 0.25) is 0 Å². The van der Waals surface area contributed by atoms with Gasteiger partial charge in [-0.1, -0.05) is 12.1 Å². The SMILES string of the molecule is N#Cc1ccccc1NC(=O)C1CCN(S(=O)(=O)c2ccc3c(c2)OCCO3)CC1. The predicted molar refractivity (Wildman–Crippen MR) is 109 cm³/mol. The zero-order valence-corrected chi connectivity index (χ0v) is 17.0. The molecule has 0 aliphatic carbocycles. The van der Waals surface area contributed by atoms with Gasteiger partial charge in [0.25, 0.3) is 0 Å². The molecule has 4 rings (SSSR count). The lowest BCUT2D eigenvalue weighted by Gasteiger charge is -2.31. The molecule has 0 saturated carbocycles. The highest BCUT2D eigenvalue weighted by Crippen LogP contribution is 2.34. The minimum atomic E-state index is -3.69. The van der Waals surface area contributed by atoms with Crippen molar-refractivity contribution in [3.8, 4) is 17.6 Å². The molecule has 1 saturated heterocycles. The van der Waals surface area contributed by atoms with Gasteiger partial charge >= 0.3 is 0 Å². The van der Waals surface area contributed by atoms with Gasteiger partial charge in [0.15, 0.2) is 11.5 Å². The van der Waals surface area contributed by atoms with Gasteiger partial charge in [-0.2, -0.15) is 9.57 Å². The van der Waals surface area contributed by atoms with Crippen LogP contribution in [-0.2, 0) is 14.8 Å². The van der Waals surface area contributed by atoms with Gasteiger partial charge in [0, 0.05) is 25.1 Å². The van der Waals surface area contributed by atoms with Crippen LogP contribution in [0.15, 0.2) is 47.4 Å². The summed E-state index contributed by atoms with van der Waals surface area (Å²) in [7, 11) is -3.69. The van der Waals surface area contributed by atoms with Crippen molar-refractivity contribution in [1.29, 1.82) is 5.26 Å². The number of para-hydroxylation sites is 1. The first-order valence-corrected chi connectivity index (χ1v) is 11.1. The van der Waals surface area contributed by atoms with Crippen molar-refractivity contribution in [3.63, 3.8) is 0 Å². The Morgan fingerprint density at radius 2 is 1.77 bits per heavy atom. The molecule has 0 radical (unpaired) electrons. The van der Waals surface area contributed by atoms with Crippen LogP contribution in [0.25, 0.3) is 0 Å². The van der Waals surface area contributed by atoms with Crippen LogP contribution in [0.1, 0.15) is 18.4 Å². The number of anilines is 1. The van der Waals surface area contributed by atoms with E-state index in [-0.39, 0.29) is 29.8 Å². The number of hydrogen-bond acceptors (Lipinski definition) is 6. The number of carbonyl (C=O) groups excluding carboxylic acids is 1. The number of nitriles is 1. The zero-order valence-electron chi connectivity index (χ0n) is 16.2. The lowest BCUT2D eigenvalue weighted by molar-refractivity contribution is -0.120. The Kier molecular flexibility index (Phi) is 5.61. The molecule has 156 valence electrons. The van der Waals surface area contributed by atoms with E-state index in [0.717, 1.165) is 0 Å². The summed E-state index contributed by atoms with van der Waals surface area (Å²) in [4.78, 5) is 12.8. The highest BCUT2D eigenvalue weighted by Gasteiger charge is 2.33. The van der Waals surface area contributed by atoms with Crippen molar-refractivity contribution < 1.29 is 22.7 Å². The Morgan fingerprint density at radius 1 is 1.07 bits per heavy atom. The van der Waals surface area contributed by atoms with Crippen molar-refractivity contribution in [2.24, 2.45) is 5.92 Å². The Bertz CT molecular complexity index is 1100. The molecule has 0 aromatic heterocycles. The van der Waals surface area contributed by atoms with Crippen LogP contribution in [0.5, 0.6) is 11.5 Å². The number of rotatable bonds is 4. The third kappa shape index (κ3) is 3.97. The molecular formula is C21H21N3O5S. The lowest BCUT2D eigenvalue weighted by atomic mass is 9.97. The van der Waals surface area contributed by atoms with Gasteiger partial charge in [-0.3, -0.25) is 4.79 Å². The normalized spacial score (nSPS) is 17.2. The first kappa shape index (κ1) is 20.2. The number of sulfonamides is 1. The molecular weight excluding hydrogens is 406 g/mol. The topological polar surface area (TPSA) is 109 Å². The van der Waals surface area contributed by atoms with E-state index in [1.54, 1.807) is 30.3 Å². The molecule has 2 heterocycles. The Balaban J connectivity index is 1.41. The van der Waals surface area contributed by atoms with Crippen LogP contribution >= 0.6 is 0 Å². The van der Waals surface area contributed by atoms with E-state index in [4.69, 9.17) is 14.7 Å². The van der Waals surface area contributed by atoms with Gasteiger partial charge in [-0.05, 0) is 37.1 Å². The molecule has 9 heteroatoms. The second-order valence-corrected chi connectivity index (χ2v) is 9.07. The third-order valence-electron chi connectivity index (χ3n) is 5.28. The second kappa shape index (κ2) is 8.34. The number of nitrogens with zero attached hydrogens (tertiary/aromatic N) is 2.